The lowest BCUT2D eigenvalue weighted by Crippen LogP contribution is -2.12. The summed E-state index contributed by atoms with van der Waals surface area (Å²) in [5.41, 5.74) is 7.11. The predicted molar refractivity (Wildman–Crippen MR) is 62.1 cm³/mol. The topological polar surface area (TPSA) is 38.9 Å². The van der Waals surface area contributed by atoms with E-state index in [9.17, 15) is 0 Å². The maximum absolute atomic E-state index is 6.01. The van der Waals surface area contributed by atoms with Gasteiger partial charge in [-0.3, -0.25) is 0 Å². The van der Waals surface area contributed by atoms with Crippen LogP contribution in [-0.4, -0.2) is 4.98 Å². The molecule has 2 rings (SSSR count). The fraction of sp³-hybridized carbons (Fsp3) is 0.222. The van der Waals surface area contributed by atoms with E-state index >= 15 is 0 Å². The third-order valence-electron chi connectivity index (χ3n) is 1.89. The molecular weight excluding hydrogens is 236 g/mol. The highest BCUT2D eigenvalue weighted by Gasteiger charge is 2.10. The lowest BCUT2D eigenvalue weighted by atomic mass is 10.1. The second-order valence-corrected chi connectivity index (χ2v) is 5.44. The summed E-state index contributed by atoms with van der Waals surface area (Å²) in [5.74, 6) is 0. The van der Waals surface area contributed by atoms with Gasteiger partial charge in [-0.05, 0) is 17.0 Å². The maximum atomic E-state index is 6.01. The second-order valence-electron chi connectivity index (χ2n) is 2.92. The number of hydrogen-bond donors (Lipinski definition) is 1. The first-order valence-electron chi connectivity index (χ1n) is 4.13. The highest BCUT2D eigenvalue weighted by atomic mass is 35.5. The summed E-state index contributed by atoms with van der Waals surface area (Å²) in [4.78, 5) is 4.20. The van der Waals surface area contributed by atoms with Gasteiger partial charge in [-0.15, -0.1) is 22.7 Å². The van der Waals surface area contributed by atoms with Crippen molar-refractivity contribution in [1.29, 1.82) is 0 Å². The summed E-state index contributed by atoms with van der Waals surface area (Å²) >= 11 is 8.98. The van der Waals surface area contributed by atoms with Crippen LogP contribution in [0.2, 0.25) is 4.34 Å². The van der Waals surface area contributed by atoms with Crippen LogP contribution < -0.4 is 5.73 Å². The number of rotatable bonds is 3. The van der Waals surface area contributed by atoms with Crippen LogP contribution in [0.15, 0.2) is 23.0 Å². The zero-order valence-electron chi connectivity index (χ0n) is 7.31. The second kappa shape index (κ2) is 4.40. The van der Waals surface area contributed by atoms with Crippen LogP contribution in [0.25, 0.3) is 0 Å². The van der Waals surface area contributed by atoms with Gasteiger partial charge in [-0.25, -0.2) is 4.98 Å². The molecular formula is C9H9ClN2S2. The molecule has 5 heteroatoms. The Morgan fingerprint density at radius 1 is 1.50 bits per heavy atom. The Balaban J connectivity index is 2.06. The van der Waals surface area contributed by atoms with Crippen molar-refractivity contribution in [3.63, 3.8) is 0 Å². The Hall–Kier alpha value is -0.420. The molecule has 0 spiro atoms. The van der Waals surface area contributed by atoms with Gasteiger partial charge in [0.25, 0.3) is 0 Å². The molecule has 0 saturated carbocycles. The first kappa shape index (κ1) is 10.1. The number of aromatic nitrogens is 1. The first-order valence-corrected chi connectivity index (χ1v) is 6.27. The minimum atomic E-state index is 0.00454. The Labute approximate surface area is 95.4 Å². The molecule has 0 aliphatic rings. The largest absolute Gasteiger partial charge is 0.324 e. The van der Waals surface area contributed by atoms with Gasteiger partial charge in [0, 0.05) is 24.0 Å². The summed E-state index contributed by atoms with van der Waals surface area (Å²) in [5, 5.41) is 5.03. The molecule has 0 fully saturated rings. The standard InChI is InChI=1S/C9H9ClN2S2/c10-8-3-6(5-14-8)7(11)4-9-12-1-2-13-9/h1-3,5,7H,4,11H2. The molecule has 1 unspecified atom stereocenters. The van der Waals surface area contributed by atoms with Crippen LogP contribution in [0.3, 0.4) is 0 Å². The van der Waals surface area contributed by atoms with Gasteiger partial charge >= 0.3 is 0 Å². The van der Waals surface area contributed by atoms with Crippen molar-refractivity contribution in [3.05, 3.63) is 37.9 Å². The normalized spacial score (nSPS) is 13.0. The summed E-state index contributed by atoms with van der Waals surface area (Å²) in [6.45, 7) is 0. The Morgan fingerprint density at radius 2 is 2.36 bits per heavy atom. The third kappa shape index (κ3) is 2.33. The third-order valence-corrected chi connectivity index (χ3v) is 3.81. The van der Waals surface area contributed by atoms with E-state index in [0.717, 1.165) is 21.3 Å². The molecule has 0 bridgehead atoms. The van der Waals surface area contributed by atoms with Gasteiger partial charge in [-0.1, -0.05) is 11.6 Å². The van der Waals surface area contributed by atoms with Crippen LogP contribution in [0.1, 0.15) is 16.6 Å². The zero-order valence-corrected chi connectivity index (χ0v) is 9.70. The quantitative estimate of drug-likeness (QED) is 0.901. The van der Waals surface area contributed by atoms with Gasteiger partial charge in [0.15, 0.2) is 0 Å². The van der Waals surface area contributed by atoms with E-state index in [4.69, 9.17) is 17.3 Å². The fourth-order valence-electron chi connectivity index (χ4n) is 1.18. The van der Waals surface area contributed by atoms with E-state index < -0.39 is 0 Å². The molecule has 1 atom stereocenters. The fourth-order valence-corrected chi connectivity index (χ4v) is 2.81. The van der Waals surface area contributed by atoms with E-state index in [-0.39, 0.29) is 6.04 Å². The van der Waals surface area contributed by atoms with Crippen molar-refractivity contribution < 1.29 is 0 Å². The number of nitrogens with zero attached hydrogens (tertiary/aromatic N) is 1. The van der Waals surface area contributed by atoms with Gasteiger partial charge in [0.1, 0.15) is 0 Å². The van der Waals surface area contributed by atoms with Crippen molar-refractivity contribution in [2.24, 2.45) is 5.73 Å². The highest BCUT2D eigenvalue weighted by Crippen LogP contribution is 2.25. The number of thiophene rings is 1. The first-order chi connectivity index (χ1) is 6.75. The Kier molecular flexibility index (Phi) is 3.18. The Morgan fingerprint density at radius 3 is 2.93 bits per heavy atom. The molecule has 0 radical (unpaired) electrons. The van der Waals surface area contributed by atoms with E-state index in [0.29, 0.717) is 0 Å². The van der Waals surface area contributed by atoms with Crippen LogP contribution >= 0.6 is 34.3 Å². The van der Waals surface area contributed by atoms with Crippen molar-refractivity contribution in [1.82, 2.24) is 4.98 Å². The summed E-state index contributed by atoms with van der Waals surface area (Å²) in [6.07, 6.45) is 2.58. The lowest BCUT2D eigenvalue weighted by molar-refractivity contribution is 0.721. The molecule has 2 nitrogen and oxygen atoms in total. The van der Waals surface area contributed by atoms with Crippen molar-refractivity contribution in [2.75, 3.05) is 0 Å². The molecule has 0 amide bonds. The van der Waals surface area contributed by atoms with Gasteiger partial charge in [0.05, 0.1) is 9.34 Å². The molecule has 0 aromatic carbocycles. The lowest BCUT2D eigenvalue weighted by Gasteiger charge is -2.06. The molecule has 2 aromatic heterocycles. The van der Waals surface area contributed by atoms with Crippen LogP contribution in [0.5, 0.6) is 0 Å². The molecule has 2 aromatic rings. The van der Waals surface area contributed by atoms with E-state index in [1.165, 1.54) is 11.3 Å². The van der Waals surface area contributed by atoms with Crippen LogP contribution in [-0.2, 0) is 6.42 Å². The SMILES string of the molecule is NC(Cc1nccs1)c1csc(Cl)c1. The van der Waals surface area contributed by atoms with E-state index in [1.54, 1.807) is 17.5 Å². The predicted octanol–water partition coefficient (Wildman–Crippen LogP) is 3.10. The minimum absolute atomic E-state index is 0.00454. The molecule has 14 heavy (non-hydrogen) atoms. The van der Waals surface area contributed by atoms with Crippen LogP contribution in [0.4, 0.5) is 0 Å². The summed E-state index contributed by atoms with van der Waals surface area (Å²) in [6, 6.07) is 1.93. The summed E-state index contributed by atoms with van der Waals surface area (Å²) in [7, 11) is 0. The maximum Gasteiger partial charge on any atom is 0.0943 e. The Bertz CT molecular complexity index is 397. The molecule has 2 N–H and O–H groups in total. The smallest absolute Gasteiger partial charge is 0.0943 e. The minimum Gasteiger partial charge on any atom is -0.324 e. The molecule has 74 valence electrons. The van der Waals surface area contributed by atoms with Gasteiger partial charge in [0.2, 0.25) is 0 Å². The molecule has 0 aliphatic heterocycles. The highest BCUT2D eigenvalue weighted by molar-refractivity contribution is 7.14. The van der Waals surface area contributed by atoms with Crippen molar-refractivity contribution >= 4 is 34.3 Å². The number of halogens is 1. The van der Waals surface area contributed by atoms with E-state index in [1.807, 2.05) is 16.8 Å². The number of hydrogen-bond acceptors (Lipinski definition) is 4. The number of nitrogens with two attached hydrogens (primary N) is 1. The van der Waals surface area contributed by atoms with Crippen molar-refractivity contribution in [2.45, 2.75) is 12.5 Å². The van der Waals surface area contributed by atoms with Gasteiger partial charge in [-0.2, -0.15) is 0 Å². The molecule has 0 saturated heterocycles. The van der Waals surface area contributed by atoms with Crippen molar-refractivity contribution in [3.8, 4) is 0 Å². The van der Waals surface area contributed by atoms with E-state index in [2.05, 4.69) is 4.98 Å². The average Bonchev–Trinajstić information content (AvgIpc) is 2.75. The molecule has 0 aliphatic carbocycles. The average molecular weight is 245 g/mol. The zero-order chi connectivity index (χ0) is 9.97. The van der Waals surface area contributed by atoms with Crippen LogP contribution in [0, 0.1) is 0 Å². The monoisotopic (exact) mass is 244 g/mol. The number of thiazole rings is 1. The van der Waals surface area contributed by atoms with Gasteiger partial charge < -0.3 is 5.73 Å². The summed E-state index contributed by atoms with van der Waals surface area (Å²) < 4.78 is 0.787. The molecule has 2 heterocycles.